The van der Waals surface area contributed by atoms with Crippen LogP contribution >= 0.6 is 11.3 Å². The molecule has 1 aromatic heterocycles. The van der Waals surface area contributed by atoms with E-state index in [0.717, 1.165) is 35.6 Å². The third kappa shape index (κ3) is 6.39. The van der Waals surface area contributed by atoms with Crippen LogP contribution in [0.15, 0.2) is 129 Å². The van der Waals surface area contributed by atoms with Crippen molar-refractivity contribution in [1.82, 2.24) is 4.57 Å². The van der Waals surface area contributed by atoms with E-state index < -0.39 is 27.1 Å². The van der Waals surface area contributed by atoms with E-state index in [4.69, 9.17) is 13.9 Å². The molecule has 11 nitrogen and oxygen atoms in total. The Morgan fingerprint density at radius 3 is 2.21 bits per heavy atom. The maximum atomic E-state index is 14.0. The summed E-state index contributed by atoms with van der Waals surface area (Å²) in [5.74, 6) is -0.560. The molecule has 0 bridgehead atoms. The van der Waals surface area contributed by atoms with Crippen molar-refractivity contribution >= 4 is 44.9 Å². The summed E-state index contributed by atoms with van der Waals surface area (Å²) in [6.07, 6.45) is 1.65. The average molecular weight is 668 g/mol. The lowest BCUT2D eigenvalue weighted by atomic mass is 9.93. The molecule has 0 amide bonds. The maximum Gasteiger partial charge on any atom is 0.339 e. The number of carbonyl (C=O) groups excluding carboxylic acids is 1. The summed E-state index contributed by atoms with van der Waals surface area (Å²) in [5.41, 5.74) is 2.05. The Kier molecular flexibility index (Phi) is 8.66. The van der Waals surface area contributed by atoms with Gasteiger partial charge in [-0.1, -0.05) is 84.1 Å². The van der Waals surface area contributed by atoms with Crippen molar-refractivity contribution in [3.63, 3.8) is 0 Å². The number of rotatable bonds is 9. The molecule has 0 saturated carbocycles. The van der Waals surface area contributed by atoms with Gasteiger partial charge in [-0.25, -0.2) is 9.79 Å². The molecular formula is C34H25N3O8S2. The molecule has 13 heteroatoms. The fourth-order valence-electron chi connectivity index (χ4n) is 5.07. The first-order valence-electron chi connectivity index (χ1n) is 14.3. The fraction of sp³-hybridized carbons (Fsp3) is 0.0882. The number of benzene rings is 4. The van der Waals surface area contributed by atoms with Crippen LogP contribution in [0, 0.1) is 10.1 Å². The van der Waals surface area contributed by atoms with Gasteiger partial charge in [0.1, 0.15) is 10.6 Å². The van der Waals surface area contributed by atoms with E-state index in [1.54, 1.807) is 25.1 Å². The van der Waals surface area contributed by atoms with Gasteiger partial charge < -0.3 is 8.92 Å². The Bertz CT molecular complexity index is 2300. The Morgan fingerprint density at radius 2 is 1.60 bits per heavy atom. The maximum absolute atomic E-state index is 14.0. The van der Waals surface area contributed by atoms with Gasteiger partial charge in [-0.2, -0.15) is 8.42 Å². The zero-order valence-electron chi connectivity index (χ0n) is 24.7. The van der Waals surface area contributed by atoms with Crippen molar-refractivity contribution in [3.8, 4) is 5.75 Å². The third-order valence-electron chi connectivity index (χ3n) is 7.21. The molecule has 236 valence electrons. The van der Waals surface area contributed by atoms with Gasteiger partial charge in [0.05, 0.1) is 33.4 Å². The Morgan fingerprint density at radius 1 is 0.957 bits per heavy atom. The molecule has 4 aromatic carbocycles. The van der Waals surface area contributed by atoms with E-state index in [1.807, 2.05) is 60.7 Å². The molecule has 2 heterocycles. The van der Waals surface area contributed by atoms with E-state index in [0.29, 0.717) is 31.7 Å². The van der Waals surface area contributed by atoms with Crippen molar-refractivity contribution in [1.29, 1.82) is 0 Å². The van der Waals surface area contributed by atoms with Crippen LogP contribution in [0.1, 0.15) is 29.7 Å². The van der Waals surface area contributed by atoms with Crippen molar-refractivity contribution < 1.29 is 27.1 Å². The number of fused-ring (bicyclic) bond motifs is 1. The van der Waals surface area contributed by atoms with E-state index in [9.17, 15) is 28.1 Å². The zero-order chi connectivity index (χ0) is 33.1. The normalized spacial score (nSPS) is 14.7. The molecule has 1 aliphatic rings. The lowest BCUT2D eigenvalue weighted by Gasteiger charge is -2.25. The van der Waals surface area contributed by atoms with Gasteiger partial charge in [-0.3, -0.25) is 19.5 Å². The Hall–Kier alpha value is -5.66. The SMILES string of the molecule is CCOC(=O)C1=C(c2ccccc2)N=c2s/c(=C\c3ccc(OS(=O)(=O)c4ccc([N+](=O)[O-])cc4)cc3)c(=O)n2[C@H]1c1ccccc1. The van der Waals surface area contributed by atoms with E-state index in [1.165, 1.54) is 16.7 Å². The first kappa shape index (κ1) is 31.3. The van der Waals surface area contributed by atoms with Crippen LogP contribution in [-0.4, -0.2) is 30.5 Å². The van der Waals surface area contributed by atoms with Crippen LogP contribution in [0.4, 0.5) is 5.69 Å². The molecule has 47 heavy (non-hydrogen) atoms. The molecule has 0 radical (unpaired) electrons. The number of nitro groups is 1. The number of nitro benzene ring substituents is 1. The van der Waals surface area contributed by atoms with Crippen LogP contribution < -0.4 is 19.1 Å². The highest BCUT2D eigenvalue weighted by atomic mass is 32.2. The van der Waals surface area contributed by atoms with E-state index in [2.05, 4.69) is 0 Å². The molecule has 1 aliphatic heterocycles. The standard InChI is InChI=1S/C34H25N3O8S2/c1-2-44-33(39)29-30(23-9-5-3-6-10-23)35-34-36(31(29)24-11-7-4-8-12-24)32(38)28(46-34)21-22-13-17-26(18-14-22)45-47(42,43)27-19-15-25(16-20-27)37(40)41/h3-21,31H,2H2,1H3/b28-21-/t31-/m0/s1. The third-order valence-corrected chi connectivity index (χ3v) is 9.45. The summed E-state index contributed by atoms with van der Waals surface area (Å²) in [6, 6.07) is 28.1. The smallest absolute Gasteiger partial charge is 0.339 e. The molecule has 0 aliphatic carbocycles. The van der Waals surface area contributed by atoms with Crippen LogP contribution in [0.25, 0.3) is 11.8 Å². The predicted molar refractivity (Wildman–Crippen MR) is 175 cm³/mol. The average Bonchev–Trinajstić information content (AvgIpc) is 3.39. The summed E-state index contributed by atoms with van der Waals surface area (Å²) in [7, 11) is -4.25. The molecule has 1 atom stereocenters. The quantitative estimate of drug-likeness (QED) is 0.0959. The molecule has 0 saturated heterocycles. The van der Waals surface area contributed by atoms with E-state index >= 15 is 0 Å². The zero-order valence-corrected chi connectivity index (χ0v) is 26.3. The monoisotopic (exact) mass is 667 g/mol. The molecular weight excluding hydrogens is 643 g/mol. The lowest BCUT2D eigenvalue weighted by molar-refractivity contribution is -0.384. The molecule has 0 N–H and O–H groups in total. The van der Waals surface area contributed by atoms with Gasteiger partial charge in [0.15, 0.2) is 4.80 Å². The van der Waals surface area contributed by atoms with Crippen molar-refractivity contribution in [3.05, 3.63) is 161 Å². The molecule has 0 spiro atoms. The topological polar surface area (TPSA) is 147 Å². The fourth-order valence-corrected chi connectivity index (χ4v) is 7.00. The molecule has 0 unspecified atom stereocenters. The van der Waals surface area contributed by atoms with Gasteiger partial charge >= 0.3 is 16.1 Å². The number of thiazole rings is 1. The molecule has 5 aromatic rings. The highest BCUT2D eigenvalue weighted by molar-refractivity contribution is 7.87. The number of esters is 1. The summed E-state index contributed by atoms with van der Waals surface area (Å²) in [5, 5.41) is 10.9. The second kappa shape index (κ2) is 13.0. The number of ether oxygens (including phenoxy) is 1. The number of non-ortho nitro benzene ring substituents is 1. The lowest BCUT2D eigenvalue weighted by Crippen LogP contribution is -2.39. The number of carbonyl (C=O) groups is 1. The van der Waals surface area contributed by atoms with Gasteiger partial charge in [0, 0.05) is 17.7 Å². The second-order valence-corrected chi connectivity index (χ2v) is 12.8. The van der Waals surface area contributed by atoms with Crippen LogP contribution in [0.2, 0.25) is 0 Å². The Balaban J connectivity index is 1.40. The highest BCUT2D eigenvalue weighted by Crippen LogP contribution is 2.35. The van der Waals surface area contributed by atoms with Crippen LogP contribution in [0.3, 0.4) is 0 Å². The minimum Gasteiger partial charge on any atom is -0.463 e. The number of nitrogens with zero attached hydrogens (tertiary/aromatic N) is 3. The van der Waals surface area contributed by atoms with Crippen molar-refractivity contribution in [2.45, 2.75) is 17.9 Å². The van der Waals surface area contributed by atoms with Gasteiger partial charge in [0.2, 0.25) is 0 Å². The van der Waals surface area contributed by atoms with Crippen LogP contribution in [0.5, 0.6) is 5.75 Å². The summed E-state index contributed by atoms with van der Waals surface area (Å²) >= 11 is 1.16. The van der Waals surface area contributed by atoms with Gasteiger partial charge in [0.25, 0.3) is 11.2 Å². The second-order valence-electron chi connectivity index (χ2n) is 10.2. The first-order chi connectivity index (χ1) is 22.7. The van der Waals surface area contributed by atoms with Crippen molar-refractivity contribution in [2.75, 3.05) is 6.61 Å². The number of hydrogen-bond acceptors (Lipinski definition) is 10. The number of aromatic nitrogens is 1. The summed E-state index contributed by atoms with van der Waals surface area (Å²) < 4.78 is 38.0. The molecule has 0 fully saturated rings. The highest BCUT2D eigenvalue weighted by Gasteiger charge is 2.35. The van der Waals surface area contributed by atoms with Gasteiger partial charge in [-0.05, 0) is 48.4 Å². The van der Waals surface area contributed by atoms with Crippen molar-refractivity contribution in [2.24, 2.45) is 4.99 Å². The first-order valence-corrected chi connectivity index (χ1v) is 16.5. The summed E-state index contributed by atoms with van der Waals surface area (Å²) in [6.45, 7) is 1.86. The molecule has 6 rings (SSSR count). The van der Waals surface area contributed by atoms with Crippen LogP contribution in [-0.2, 0) is 19.6 Å². The minimum absolute atomic E-state index is 0.0117. The summed E-state index contributed by atoms with van der Waals surface area (Å²) in [4.78, 5) is 42.8. The van der Waals surface area contributed by atoms with Gasteiger partial charge in [-0.15, -0.1) is 0 Å². The largest absolute Gasteiger partial charge is 0.463 e. The Labute approximate surface area is 272 Å². The minimum atomic E-state index is -4.25. The van der Waals surface area contributed by atoms with E-state index in [-0.39, 0.29) is 34.1 Å². The predicted octanol–water partition coefficient (Wildman–Crippen LogP) is 4.61. The number of hydrogen-bond donors (Lipinski definition) is 0.